The molecule has 0 aromatic heterocycles. The van der Waals surface area contributed by atoms with Crippen LogP contribution in [0.5, 0.6) is 5.75 Å². The van der Waals surface area contributed by atoms with Crippen LogP contribution in [0, 0.1) is 0 Å². The molecule has 0 unspecified atom stereocenters. The lowest BCUT2D eigenvalue weighted by Gasteiger charge is -2.03. The fourth-order valence-electron chi connectivity index (χ4n) is 0.897. The Labute approximate surface area is 85.2 Å². The molecular weight excluding hydrogens is 176 g/mol. The molecule has 1 aromatic rings. The molecule has 0 N–H and O–H groups in total. The predicted octanol–water partition coefficient (Wildman–Crippen LogP) is 3.28. The van der Waals surface area contributed by atoms with Crippen LogP contribution in [0.4, 0.5) is 0 Å². The standard InChI is InChI=1S/C10H10O2.C2H6/c1-3-9-6-4-5-7-10(9)12-8(2)11;1-2/h3-7H,1H2,2H3;1-2H3. The molecule has 2 nitrogen and oxygen atoms in total. The third-order valence-corrected chi connectivity index (χ3v) is 1.39. The van der Waals surface area contributed by atoms with Crippen LogP contribution >= 0.6 is 0 Å². The van der Waals surface area contributed by atoms with Crippen molar-refractivity contribution in [3.63, 3.8) is 0 Å². The Morgan fingerprint density at radius 1 is 1.36 bits per heavy atom. The number of benzene rings is 1. The van der Waals surface area contributed by atoms with Crippen LogP contribution in [-0.4, -0.2) is 5.97 Å². The van der Waals surface area contributed by atoms with Crippen molar-refractivity contribution in [2.75, 3.05) is 0 Å². The molecule has 0 atom stereocenters. The Bertz CT molecular complexity index is 303. The number of rotatable bonds is 2. The minimum atomic E-state index is -0.315. The summed E-state index contributed by atoms with van der Waals surface area (Å²) in [6.07, 6.45) is 1.65. The highest BCUT2D eigenvalue weighted by molar-refractivity contribution is 5.71. The maximum atomic E-state index is 10.6. The number of esters is 1. The number of hydrogen-bond acceptors (Lipinski definition) is 2. The summed E-state index contributed by atoms with van der Waals surface area (Å²) in [6, 6.07) is 7.25. The first-order valence-corrected chi connectivity index (χ1v) is 4.64. The Morgan fingerprint density at radius 2 is 1.93 bits per heavy atom. The Morgan fingerprint density at radius 3 is 2.43 bits per heavy atom. The van der Waals surface area contributed by atoms with Crippen molar-refractivity contribution in [3.8, 4) is 5.75 Å². The summed E-state index contributed by atoms with van der Waals surface area (Å²) in [5.74, 6) is 0.240. The van der Waals surface area contributed by atoms with Crippen molar-refractivity contribution < 1.29 is 9.53 Å². The molecule has 0 aliphatic rings. The maximum absolute atomic E-state index is 10.6. The molecule has 0 aliphatic carbocycles. The van der Waals surface area contributed by atoms with Gasteiger partial charge in [0.15, 0.2) is 0 Å². The molecule has 76 valence electrons. The van der Waals surface area contributed by atoms with Gasteiger partial charge in [-0.25, -0.2) is 0 Å². The second-order valence-electron chi connectivity index (χ2n) is 2.34. The van der Waals surface area contributed by atoms with Gasteiger partial charge < -0.3 is 4.74 Å². The molecule has 0 saturated heterocycles. The largest absolute Gasteiger partial charge is 0.426 e. The number of carbonyl (C=O) groups is 1. The van der Waals surface area contributed by atoms with Gasteiger partial charge in [0.1, 0.15) is 5.75 Å². The van der Waals surface area contributed by atoms with Crippen molar-refractivity contribution >= 4 is 12.0 Å². The molecule has 0 fully saturated rings. The van der Waals surface area contributed by atoms with Crippen LogP contribution < -0.4 is 4.74 Å². The fraction of sp³-hybridized carbons (Fsp3) is 0.250. The lowest BCUT2D eigenvalue weighted by Crippen LogP contribution is -2.02. The first-order valence-electron chi connectivity index (χ1n) is 4.64. The Balaban J connectivity index is 0.000000791. The third-order valence-electron chi connectivity index (χ3n) is 1.39. The average molecular weight is 192 g/mol. The first-order chi connectivity index (χ1) is 6.74. The third kappa shape index (κ3) is 3.90. The molecule has 2 heteroatoms. The summed E-state index contributed by atoms with van der Waals surface area (Å²) >= 11 is 0. The van der Waals surface area contributed by atoms with Gasteiger partial charge in [-0.05, 0) is 6.07 Å². The number of para-hydroxylation sites is 1. The Hall–Kier alpha value is -1.57. The van der Waals surface area contributed by atoms with Gasteiger partial charge in [0.25, 0.3) is 0 Å². The van der Waals surface area contributed by atoms with Crippen LogP contribution in [0.25, 0.3) is 6.08 Å². The van der Waals surface area contributed by atoms with Crippen LogP contribution in [0.3, 0.4) is 0 Å². The van der Waals surface area contributed by atoms with Crippen LogP contribution in [-0.2, 0) is 4.79 Å². The van der Waals surface area contributed by atoms with Crippen LogP contribution in [0.1, 0.15) is 26.3 Å². The second-order valence-corrected chi connectivity index (χ2v) is 2.34. The minimum absolute atomic E-state index is 0.315. The van der Waals surface area contributed by atoms with E-state index in [4.69, 9.17) is 4.74 Å². The van der Waals surface area contributed by atoms with E-state index in [1.807, 2.05) is 32.0 Å². The molecular formula is C12H16O2. The molecule has 0 bridgehead atoms. The summed E-state index contributed by atoms with van der Waals surface area (Å²) in [7, 11) is 0. The van der Waals surface area contributed by atoms with Crippen molar-refractivity contribution in [2.45, 2.75) is 20.8 Å². The van der Waals surface area contributed by atoms with Crippen molar-refractivity contribution in [1.82, 2.24) is 0 Å². The smallest absolute Gasteiger partial charge is 0.308 e. The zero-order valence-corrected chi connectivity index (χ0v) is 8.91. The van der Waals surface area contributed by atoms with Crippen molar-refractivity contribution in [3.05, 3.63) is 36.4 Å². The van der Waals surface area contributed by atoms with E-state index in [2.05, 4.69) is 6.58 Å². The highest BCUT2D eigenvalue weighted by Gasteiger charge is 2.00. The minimum Gasteiger partial charge on any atom is -0.426 e. The summed E-state index contributed by atoms with van der Waals surface area (Å²) in [5, 5.41) is 0. The van der Waals surface area contributed by atoms with E-state index in [-0.39, 0.29) is 5.97 Å². The van der Waals surface area contributed by atoms with Gasteiger partial charge in [-0.1, -0.05) is 44.7 Å². The average Bonchev–Trinajstić information content (AvgIpc) is 2.21. The highest BCUT2D eigenvalue weighted by Crippen LogP contribution is 2.18. The van der Waals surface area contributed by atoms with Gasteiger partial charge >= 0.3 is 5.97 Å². The normalized spacial score (nSPS) is 8.21. The molecule has 0 saturated carbocycles. The van der Waals surface area contributed by atoms with Gasteiger partial charge in [0.2, 0.25) is 0 Å². The van der Waals surface area contributed by atoms with E-state index in [1.165, 1.54) is 6.92 Å². The maximum Gasteiger partial charge on any atom is 0.308 e. The molecule has 1 rings (SSSR count). The van der Waals surface area contributed by atoms with Gasteiger partial charge in [-0.15, -0.1) is 0 Å². The predicted molar refractivity (Wildman–Crippen MR) is 59.2 cm³/mol. The fourth-order valence-corrected chi connectivity index (χ4v) is 0.897. The molecule has 0 aliphatic heterocycles. The first kappa shape index (κ1) is 12.4. The van der Waals surface area contributed by atoms with E-state index in [1.54, 1.807) is 12.1 Å². The van der Waals surface area contributed by atoms with E-state index in [0.29, 0.717) is 5.75 Å². The summed E-state index contributed by atoms with van der Waals surface area (Å²) in [4.78, 5) is 10.6. The topological polar surface area (TPSA) is 26.3 Å². The monoisotopic (exact) mass is 192 g/mol. The zero-order chi connectivity index (χ0) is 11.0. The quantitative estimate of drug-likeness (QED) is 0.531. The lowest BCUT2D eigenvalue weighted by atomic mass is 10.2. The number of ether oxygens (including phenoxy) is 1. The Kier molecular flexibility index (Phi) is 6.12. The van der Waals surface area contributed by atoms with E-state index in [0.717, 1.165) is 5.56 Å². The molecule has 0 heterocycles. The lowest BCUT2D eigenvalue weighted by molar-refractivity contribution is -0.131. The number of carbonyl (C=O) groups excluding carboxylic acids is 1. The zero-order valence-electron chi connectivity index (χ0n) is 8.91. The molecule has 0 spiro atoms. The highest BCUT2D eigenvalue weighted by atomic mass is 16.5. The van der Waals surface area contributed by atoms with E-state index < -0.39 is 0 Å². The number of hydrogen-bond donors (Lipinski definition) is 0. The van der Waals surface area contributed by atoms with Crippen LogP contribution in [0.2, 0.25) is 0 Å². The molecule has 14 heavy (non-hydrogen) atoms. The van der Waals surface area contributed by atoms with Gasteiger partial charge in [-0.3, -0.25) is 4.79 Å². The molecule has 1 aromatic carbocycles. The van der Waals surface area contributed by atoms with Crippen molar-refractivity contribution in [2.24, 2.45) is 0 Å². The summed E-state index contributed by atoms with van der Waals surface area (Å²) in [6.45, 7) is 8.98. The van der Waals surface area contributed by atoms with Gasteiger partial charge in [-0.2, -0.15) is 0 Å². The van der Waals surface area contributed by atoms with Gasteiger partial charge in [0, 0.05) is 12.5 Å². The van der Waals surface area contributed by atoms with Crippen molar-refractivity contribution in [1.29, 1.82) is 0 Å². The van der Waals surface area contributed by atoms with Crippen LogP contribution in [0.15, 0.2) is 30.8 Å². The summed E-state index contributed by atoms with van der Waals surface area (Å²) < 4.78 is 4.93. The second kappa shape index (κ2) is 6.89. The van der Waals surface area contributed by atoms with Gasteiger partial charge in [0.05, 0.1) is 0 Å². The SMILES string of the molecule is C=Cc1ccccc1OC(C)=O.CC. The molecule has 0 radical (unpaired) electrons. The van der Waals surface area contributed by atoms with E-state index >= 15 is 0 Å². The summed E-state index contributed by atoms with van der Waals surface area (Å²) in [5.41, 5.74) is 0.827. The molecule has 0 amide bonds. The van der Waals surface area contributed by atoms with E-state index in [9.17, 15) is 4.79 Å².